The lowest BCUT2D eigenvalue weighted by Crippen LogP contribution is -2.29. The summed E-state index contributed by atoms with van der Waals surface area (Å²) < 4.78 is 0. The molecule has 70 valence electrons. The molecule has 0 saturated heterocycles. The van der Waals surface area contributed by atoms with Crippen LogP contribution < -0.4 is 0 Å². The molecule has 0 N–H and O–H groups in total. The van der Waals surface area contributed by atoms with Gasteiger partial charge in [0.2, 0.25) is 0 Å². The molecule has 1 aliphatic rings. The smallest absolute Gasteiger partial charge is 0.0468 e. The molecule has 0 aromatic heterocycles. The molecule has 2 heteroatoms. The van der Waals surface area contributed by atoms with Gasteiger partial charge in [-0.15, -0.1) is 24.0 Å². The van der Waals surface area contributed by atoms with Gasteiger partial charge in [0.15, 0.2) is 0 Å². The van der Waals surface area contributed by atoms with Crippen molar-refractivity contribution in [2.45, 2.75) is 33.7 Å². The Balaban J connectivity index is 0.00000121. The standard InChI is InChI=1S/C10H17N.HI/c1-7-6-11(5)10(4)9(3)8(7)2;/h6,10H,1-5H3;1H. The largest absolute Gasteiger partial charge is 0.374 e. The minimum Gasteiger partial charge on any atom is -0.374 e. The van der Waals surface area contributed by atoms with Crippen molar-refractivity contribution in [3.8, 4) is 0 Å². The van der Waals surface area contributed by atoms with Gasteiger partial charge in [-0.05, 0) is 44.4 Å². The van der Waals surface area contributed by atoms with Crippen molar-refractivity contribution in [3.63, 3.8) is 0 Å². The molecule has 0 fully saturated rings. The molecular formula is C10H18IN. The summed E-state index contributed by atoms with van der Waals surface area (Å²) in [5.74, 6) is 0. The van der Waals surface area contributed by atoms with Crippen LogP contribution in [-0.4, -0.2) is 18.0 Å². The molecule has 1 atom stereocenters. The van der Waals surface area contributed by atoms with Crippen LogP contribution in [0.15, 0.2) is 22.9 Å². The summed E-state index contributed by atoms with van der Waals surface area (Å²) in [5, 5.41) is 0. The normalized spacial score (nSPS) is 23.6. The number of likely N-dealkylation sites (N-methyl/N-ethyl adjacent to an activating group) is 1. The second-order valence-electron chi connectivity index (χ2n) is 3.46. The molecular weight excluding hydrogens is 261 g/mol. The van der Waals surface area contributed by atoms with Crippen LogP contribution in [-0.2, 0) is 0 Å². The van der Waals surface area contributed by atoms with Crippen LogP contribution in [0.4, 0.5) is 0 Å². The van der Waals surface area contributed by atoms with E-state index in [2.05, 4.69) is 45.8 Å². The fourth-order valence-electron chi connectivity index (χ4n) is 1.44. The van der Waals surface area contributed by atoms with E-state index in [9.17, 15) is 0 Å². The Bertz CT molecular complexity index is 228. The van der Waals surface area contributed by atoms with Gasteiger partial charge in [-0.2, -0.15) is 0 Å². The molecule has 1 unspecified atom stereocenters. The zero-order chi connectivity index (χ0) is 8.59. The van der Waals surface area contributed by atoms with Gasteiger partial charge in [-0.25, -0.2) is 0 Å². The fraction of sp³-hybridized carbons (Fsp3) is 0.600. The van der Waals surface area contributed by atoms with Gasteiger partial charge in [-0.3, -0.25) is 0 Å². The molecule has 0 amide bonds. The first-order valence-electron chi connectivity index (χ1n) is 4.12. The first-order chi connectivity index (χ1) is 5.04. The first kappa shape index (κ1) is 12.0. The van der Waals surface area contributed by atoms with Crippen molar-refractivity contribution in [1.82, 2.24) is 4.90 Å². The van der Waals surface area contributed by atoms with Gasteiger partial charge < -0.3 is 4.90 Å². The molecule has 0 spiro atoms. The zero-order valence-corrected chi connectivity index (χ0v) is 10.8. The molecule has 1 heterocycles. The molecule has 0 bridgehead atoms. The Morgan fingerprint density at radius 3 is 2.25 bits per heavy atom. The fourth-order valence-corrected chi connectivity index (χ4v) is 1.44. The molecule has 0 aromatic carbocycles. The Morgan fingerprint density at radius 1 is 1.25 bits per heavy atom. The summed E-state index contributed by atoms with van der Waals surface area (Å²) in [4.78, 5) is 2.26. The van der Waals surface area contributed by atoms with Crippen molar-refractivity contribution < 1.29 is 0 Å². The van der Waals surface area contributed by atoms with Crippen LogP contribution >= 0.6 is 24.0 Å². The van der Waals surface area contributed by atoms with Crippen molar-refractivity contribution in [2.24, 2.45) is 0 Å². The summed E-state index contributed by atoms with van der Waals surface area (Å²) in [6.07, 6.45) is 2.22. The predicted octanol–water partition coefficient (Wildman–Crippen LogP) is 3.18. The van der Waals surface area contributed by atoms with Crippen molar-refractivity contribution in [1.29, 1.82) is 0 Å². The highest BCUT2D eigenvalue weighted by Gasteiger charge is 2.15. The number of hydrogen-bond donors (Lipinski definition) is 0. The van der Waals surface area contributed by atoms with Gasteiger partial charge in [0.05, 0.1) is 0 Å². The monoisotopic (exact) mass is 279 g/mol. The third-order valence-electron chi connectivity index (χ3n) is 2.82. The molecule has 1 nitrogen and oxygen atoms in total. The van der Waals surface area contributed by atoms with E-state index < -0.39 is 0 Å². The van der Waals surface area contributed by atoms with E-state index in [4.69, 9.17) is 0 Å². The molecule has 0 saturated carbocycles. The molecule has 1 rings (SSSR count). The van der Waals surface area contributed by atoms with Crippen LogP contribution in [0.1, 0.15) is 27.7 Å². The Kier molecular flexibility index (Phi) is 4.31. The Hall–Kier alpha value is 0.01000. The first-order valence-corrected chi connectivity index (χ1v) is 4.12. The average molecular weight is 279 g/mol. The summed E-state index contributed by atoms with van der Waals surface area (Å²) in [7, 11) is 2.13. The quantitative estimate of drug-likeness (QED) is 0.616. The van der Waals surface area contributed by atoms with Crippen LogP contribution in [0.3, 0.4) is 0 Å². The van der Waals surface area contributed by atoms with E-state index in [1.165, 1.54) is 16.7 Å². The SMILES string of the molecule is CC1=CN(C)C(C)C(C)=C1C.I. The van der Waals surface area contributed by atoms with E-state index in [0.717, 1.165) is 0 Å². The maximum atomic E-state index is 2.26. The summed E-state index contributed by atoms with van der Waals surface area (Å²) in [6.45, 7) is 8.82. The molecule has 0 aromatic rings. The Labute approximate surface area is 92.5 Å². The second-order valence-corrected chi connectivity index (χ2v) is 3.46. The number of halogens is 1. The van der Waals surface area contributed by atoms with Gasteiger partial charge >= 0.3 is 0 Å². The third kappa shape index (κ3) is 2.03. The van der Waals surface area contributed by atoms with Crippen LogP contribution in [0, 0.1) is 0 Å². The lowest BCUT2D eigenvalue weighted by molar-refractivity contribution is 0.380. The van der Waals surface area contributed by atoms with E-state index in [-0.39, 0.29) is 24.0 Å². The van der Waals surface area contributed by atoms with Gasteiger partial charge in [0.1, 0.15) is 0 Å². The number of hydrogen-bond acceptors (Lipinski definition) is 1. The van der Waals surface area contributed by atoms with Crippen molar-refractivity contribution in [3.05, 3.63) is 22.9 Å². The predicted molar refractivity (Wildman–Crippen MR) is 64.8 cm³/mol. The van der Waals surface area contributed by atoms with Gasteiger partial charge in [0, 0.05) is 19.3 Å². The van der Waals surface area contributed by atoms with E-state index in [1.807, 2.05) is 0 Å². The number of rotatable bonds is 0. The Morgan fingerprint density at radius 2 is 1.75 bits per heavy atom. The van der Waals surface area contributed by atoms with Crippen LogP contribution in [0.2, 0.25) is 0 Å². The minimum atomic E-state index is 0. The maximum Gasteiger partial charge on any atom is 0.0468 e. The molecule has 12 heavy (non-hydrogen) atoms. The molecule has 0 aliphatic carbocycles. The van der Waals surface area contributed by atoms with Gasteiger partial charge in [0.25, 0.3) is 0 Å². The van der Waals surface area contributed by atoms with E-state index in [0.29, 0.717) is 6.04 Å². The number of nitrogens with zero attached hydrogens (tertiary/aromatic N) is 1. The average Bonchev–Trinajstić information content (AvgIpc) is 1.97. The van der Waals surface area contributed by atoms with Crippen molar-refractivity contribution in [2.75, 3.05) is 7.05 Å². The lowest BCUT2D eigenvalue weighted by Gasteiger charge is -2.31. The maximum absolute atomic E-state index is 2.26. The highest BCUT2D eigenvalue weighted by molar-refractivity contribution is 14.0. The lowest BCUT2D eigenvalue weighted by atomic mass is 9.95. The van der Waals surface area contributed by atoms with Gasteiger partial charge in [-0.1, -0.05) is 0 Å². The highest BCUT2D eigenvalue weighted by Crippen LogP contribution is 2.24. The summed E-state index contributed by atoms with van der Waals surface area (Å²) >= 11 is 0. The van der Waals surface area contributed by atoms with E-state index in [1.54, 1.807) is 0 Å². The highest BCUT2D eigenvalue weighted by atomic mass is 127. The zero-order valence-electron chi connectivity index (χ0n) is 8.51. The number of allylic oxidation sites excluding steroid dienone is 2. The third-order valence-corrected chi connectivity index (χ3v) is 2.82. The topological polar surface area (TPSA) is 3.24 Å². The van der Waals surface area contributed by atoms with Crippen molar-refractivity contribution >= 4 is 24.0 Å². The minimum absolute atomic E-state index is 0. The second kappa shape index (κ2) is 4.30. The van der Waals surface area contributed by atoms with E-state index >= 15 is 0 Å². The summed E-state index contributed by atoms with van der Waals surface area (Å²) in [5.41, 5.74) is 4.34. The molecule has 0 radical (unpaired) electrons. The van der Waals surface area contributed by atoms with Crippen LogP contribution in [0.5, 0.6) is 0 Å². The van der Waals surface area contributed by atoms with Crippen LogP contribution in [0.25, 0.3) is 0 Å². The summed E-state index contributed by atoms with van der Waals surface area (Å²) in [6, 6.07) is 0.568. The molecule has 1 aliphatic heterocycles.